The van der Waals surface area contributed by atoms with Crippen LogP contribution in [0.2, 0.25) is 0 Å². The maximum Gasteiger partial charge on any atom is 0.216 e. The van der Waals surface area contributed by atoms with E-state index in [1.54, 1.807) is 7.05 Å². The van der Waals surface area contributed by atoms with E-state index >= 15 is 0 Å². The Labute approximate surface area is 111 Å². The normalized spacial score (nSPS) is 8.33. The second-order valence-corrected chi connectivity index (χ2v) is 4.82. The van der Waals surface area contributed by atoms with E-state index in [0.29, 0.717) is 0 Å². The SMILES string of the molecule is C.CCNC(C)=O.CNC(C)=O.CNS(C)(=O)=O. The molecule has 0 saturated heterocycles. The number of carbonyl (C=O) groups is 2. The number of hydrogen-bond donors (Lipinski definition) is 3. The van der Waals surface area contributed by atoms with Crippen molar-refractivity contribution in [3.63, 3.8) is 0 Å². The van der Waals surface area contributed by atoms with Gasteiger partial charge >= 0.3 is 0 Å². The molecule has 0 rings (SSSR count). The Bertz CT molecular complexity index is 302. The molecule has 112 valence electrons. The van der Waals surface area contributed by atoms with Crippen molar-refractivity contribution in [1.29, 1.82) is 0 Å². The van der Waals surface area contributed by atoms with Gasteiger partial charge in [-0.2, -0.15) is 0 Å². The highest BCUT2D eigenvalue weighted by Gasteiger charge is 1.88. The van der Waals surface area contributed by atoms with E-state index in [1.165, 1.54) is 20.9 Å². The van der Waals surface area contributed by atoms with Gasteiger partial charge in [0.15, 0.2) is 0 Å². The van der Waals surface area contributed by atoms with E-state index in [0.717, 1.165) is 12.8 Å². The van der Waals surface area contributed by atoms with E-state index in [9.17, 15) is 18.0 Å². The smallest absolute Gasteiger partial charge is 0.216 e. The first-order chi connectivity index (χ1) is 7.60. The lowest BCUT2D eigenvalue weighted by Gasteiger charge is -1.88. The van der Waals surface area contributed by atoms with Crippen LogP contribution in [0.15, 0.2) is 0 Å². The average molecular weight is 285 g/mol. The summed E-state index contributed by atoms with van der Waals surface area (Å²) in [5, 5.41) is 4.96. The quantitative estimate of drug-likeness (QED) is 0.647. The molecule has 0 fully saturated rings. The molecule has 0 atom stereocenters. The Balaban J connectivity index is -0.0000000799. The maximum atomic E-state index is 9.93. The topological polar surface area (TPSA) is 104 Å². The Morgan fingerprint density at radius 1 is 1.06 bits per heavy atom. The number of nitrogens with one attached hydrogen (secondary N) is 3. The minimum Gasteiger partial charge on any atom is -0.359 e. The Hall–Kier alpha value is -1.15. The zero-order chi connectivity index (χ0) is 14.5. The van der Waals surface area contributed by atoms with Crippen molar-refractivity contribution in [2.75, 3.05) is 26.9 Å². The minimum absolute atomic E-state index is 0. The molecule has 0 saturated carbocycles. The Morgan fingerprint density at radius 3 is 1.33 bits per heavy atom. The van der Waals surface area contributed by atoms with Gasteiger partial charge in [0.25, 0.3) is 0 Å². The second kappa shape index (κ2) is 15.9. The summed E-state index contributed by atoms with van der Waals surface area (Å²) in [7, 11) is 0.0579. The summed E-state index contributed by atoms with van der Waals surface area (Å²) in [5.41, 5.74) is 0. The molecule has 0 aromatic heterocycles. The third-order valence-corrected chi connectivity index (χ3v) is 1.89. The van der Waals surface area contributed by atoms with Gasteiger partial charge in [0, 0.05) is 27.4 Å². The highest BCUT2D eigenvalue weighted by molar-refractivity contribution is 7.88. The lowest BCUT2D eigenvalue weighted by atomic mass is 10.6. The molecule has 2 amide bonds. The summed E-state index contributed by atoms with van der Waals surface area (Å²) in [4.78, 5) is 19.6. The summed E-state index contributed by atoms with van der Waals surface area (Å²) in [6.45, 7) is 5.60. The van der Waals surface area contributed by atoms with Crippen LogP contribution in [0.4, 0.5) is 0 Å². The molecule has 0 aliphatic rings. The molecular formula is C10H27N3O4S. The van der Waals surface area contributed by atoms with Crippen LogP contribution in [0.1, 0.15) is 28.2 Å². The van der Waals surface area contributed by atoms with Crippen LogP contribution in [0, 0.1) is 0 Å². The van der Waals surface area contributed by atoms with Crippen LogP contribution in [0.5, 0.6) is 0 Å². The van der Waals surface area contributed by atoms with E-state index in [4.69, 9.17) is 0 Å². The van der Waals surface area contributed by atoms with E-state index in [-0.39, 0.29) is 19.2 Å². The highest BCUT2D eigenvalue weighted by atomic mass is 32.2. The highest BCUT2D eigenvalue weighted by Crippen LogP contribution is 1.62. The summed E-state index contributed by atoms with van der Waals surface area (Å²) in [6, 6.07) is 0. The molecule has 0 radical (unpaired) electrons. The summed E-state index contributed by atoms with van der Waals surface area (Å²) >= 11 is 0. The first-order valence-electron chi connectivity index (χ1n) is 4.91. The largest absolute Gasteiger partial charge is 0.359 e. The summed E-state index contributed by atoms with van der Waals surface area (Å²) in [5.74, 6) is 0.0440. The van der Waals surface area contributed by atoms with Crippen LogP contribution in [-0.4, -0.2) is 47.1 Å². The van der Waals surface area contributed by atoms with Crippen molar-refractivity contribution < 1.29 is 18.0 Å². The second-order valence-electron chi connectivity index (χ2n) is 2.87. The molecular weight excluding hydrogens is 258 g/mol. The van der Waals surface area contributed by atoms with Crippen molar-refractivity contribution in [3.8, 4) is 0 Å². The minimum atomic E-state index is -2.91. The molecule has 18 heavy (non-hydrogen) atoms. The van der Waals surface area contributed by atoms with Crippen LogP contribution < -0.4 is 15.4 Å². The van der Waals surface area contributed by atoms with Crippen LogP contribution in [-0.2, 0) is 19.6 Å². The standard InChI is InChI=1S/C4H9NO.C3H7NO.C2H7NO2S.CH4/c1-3-5-4(2)6;1-3(5)4-2;1-3-6(2,4)5;/h3H2,1-2H3,(H,5,6);1-2H3,(H,4,5);3H,1-2H3;1H4. The van der Waals surface area contributed by atoms with Crippen LogP contribution in [0.3, 0.4) is 0 Å². The molecule has 8 heteroatoms. The van der Waals surface area contributed by atoms with Gasteiger partial charge in [-0.05, 0) is 14.0 Å². The van der Waals surface area contributed by atoms with Gasteiger partial charge in [0.2, 0.25) is 21.8 Å². The Kier molecular flexibility index (Phi) is 22.6. The molecule has 0 aliphatic heterocycles. The third kappa shape index (κ3) is 60.7. The van der Waals surface area contributed by atoms with Crippen molar-refractivity contribution >= 4 is 21.8 Å². The number of sulfonamides is 1. The van der Waals surface area contributed by atoms with E-state index in [1.807, 2.05) is 6.92 Å². The van der Waals surface area contributed by atoms with Gasteiger partial charge in [-0.3, -0.25) is 9.59 Å². The maximum absolute atomic E-state index is 9.93. The van der Waals surface area contributed by atoms with E-state index < -0.39 is 10.0 Å². The van der Waals surface area contributed by atoms with Gasteiger partial charge < -0.3 is 10.6 Å². The fraction of sp³-hybridized carbons (Fsp3) is 0.800. The van der Waals surface area contributed by atoms with Crippen molar-refractivity contribution in [2.24, 2.45) is 0 Å². The fourth-order valence-corrected chi connectivity index (χ4v) is 0.249. The lowest BCUT2D eigenvalue weighted by molar-refractivity contribution is -0.119. The molecule has 0 unspecified atom stereocenters. The van der Waals surface area contributed by atoms with Gasteiger partial charge in [-0.15, -0.1) is 0 Å². The molecule has 0 aromatic carbocycles. The van der Waals surface area contributed by atoms with Crippen molar-refractivity contribution in [1.82, 2.24) is 15.4 Å². The Morgan fingerprint density at radius 2 is 1.33 bits per heavy atom. The van der Waals surface area contributed by atoms with Gasteiger partial charge in [0.05, 0.1) is 6.26 Å². The molecule has 3 N–H and O–H groups in total. The molecule has 0 heterocycles. The predicted octanol–water partition coefficient (Wildman–Crippen LogP) is -0.304. The van der Waals surface area contributed by atoms with Crippen LogP contribution >= 0.6 is 0 Å². The molecule has 0 aromatic rings. The predicted molar refractivity (Wildman–Crippen MR) is 74.7 cm³/mol. The lowest BCUT2D eigenvalue weighted by Crippen LogP contribution is -2.18. The number of amides is 2. The van der Waals surface area contributed by atoms with Crippen molar-refractivity contribution in [2.45, 2.75) is 28.2 Å². The van der Waals surface area contributed by atoms with Gasteiger partial charge in [-0.25, -0.2) is 13.1 Å². The number of rotatable bonds is 2. The third-order valence-electron chi connectivity index (χ3n) is 1.15. The fourth-order valence-electron chi connectivity index (χ4n) is 0.249. The molecule has 0 aliphatic carbocycles. The van der Waals surface area contributed by atoms with Crippen LogP contribution in [0.25, 0.3) is 0 Å². The zero-order valence-electron chi connectivity index (χ0n) is 11.2. The monoisotopic (exact) mass is 285 g/mol. The average Bonchev–Trinajstić information content (AvgIpc) is 2.18. The van der Waals surface area contributed by atoms with Crippen molar-refractivity contribution in [3.05, 3.63) is 0 Å². The molecule has 7 nitrogen and oxygen atoms in total. The zero-order valence-corrected chi connectivity index (χ0v) is 12.1. The number of hydrogen-bond acceptors (Lipinski definition) is 4. The molecule has 0 bridgehead atoms. The summed E-state index contributed by atoms with van der Waals surface area (Å²) in [6.07, 6.45) is 1.10. The molecule has 0 spiro atoms. The summed E-state index contributed by atoms with van der Waals surface area (Å²) < 4.78 is 21.9. The van der Waals surface area contributed by atoms with Gasteiger partial charge in [-0.1, -0.05) is 7.43 Å². The first kappa shape index (κ1) is 25.6. The first-order valence-corrected chi connectivity index (χ1v) is 6.81. The number of carbonyl (C=O) groups excluding carboxylic acids is 2. The van der Waals surface area contributed by atoms with E-state index in [2.05, 4.69) is 15.4 Å². The van der Waals surface area contributed by atoms with Gasteiger partial charge in [0.1, 0.15) is 0 Å².